The third-order valence-electron chi connectivity index (χ3n) is 6.96. The maximum absolute atomic E-state index is 6.44. The number of likely N-dealkylation sites (N-methyl/N-ethyl adjacent to an activating group) is 1. The van der Waals surface area contributed by atoms with Crippen molar-refractivity contribution in [3.05, 3.63) is 47.0 Å². The topological polar surface area (TPSA) is 154 Å². The third kappa shape index (κ3) is 4.72. The predicted molar refractivity (Wildman–Crippen MR) is 148 cm³/mol. The van der Waals surface area contributed by atoms with Crippen LogP contribution in [0.3, 0.4) is 0 Å². The molecule has 0 bridgehead atoms. The average molecular weight is 549 g/mol. The van der Waals surface area contributed by atoms with Gasteiger partial charge in [-0.15, -0.1) is 20.4 Å². The Morgan fingerprint density at radius 2 is 1.88 bits per heavy atom. The minimum absolute atomic E-state index is 0.176. The lowest BCUT2D eigenvalue weighted by Gasteiger charge is -2.18. The van der Waals surface area contributed by atoms with Gasteiger partial charge >= 0.3 is 0 Å². The van der Waals surface area contributed by atoms with Crippen LogP contribution >= 0.6 is 0 Å². The quantitative estimate of drug-likeness (QED) is 0.266. The first-order chi connectivity index (χ1) is 19.4. The number of nitrogen functional groups attached to an aromatic ring is 1. The molecule has 40 heavy (non-hydrogen) atoms. The fourth-order valence-corrected chi connectivity index (χ4v) is 4.78. The highest BCUT2D eigenvalue weighted by Crippen LogP contribution is 2.47. The van der Waals surface area contributed by atoms with Gasteiger partial charge in [0.1, 0.15) is 0 Å². The number of H-pyrrole nitrogens is 1. The standard InChI is InChI=1S/C26H32N10O4/c1-34(2)25-29-24(31-32-25)28-12-10-16-17(8-9-18-21(16)38-14-37-18)22-39-19-7-5-6-15(20(19)40-22)11-13-35(3)26-33-30-23(27)36(26)4/h5-9,22H,10-14H2,1-4H3,(H2,27,30)(H2,28,29,31,32). The van der Waals surface area contributed by atoms with Gasteiger partial charge in [-0.1, -0.05) is 12.1 Å². The molecule has 210 valence electrons. The molecule has 14 nitrogen and oxygen atoms in total. The van der Waals surface area contributed by atoms with Crippen LogP contribution in [0.2, 0.25) is 0 Å². The number of para-hydroxylation sites is 1. The Morgan fingerprint density at radius 1 is 1.00 bits per heavy atom. The van der Waals surface area contributed by atoms with Gasteiger partial charge in [0.2, 0.25) is 30.6 Å². The van der Waals surface area contributed by atoms with Crippen molar-refractivity contribution in [1.29, 1.82) is 0 Å². The first-order valence-electron chi connectivity index (χ1n) is 13.0. The molecule has 0 radical (unpaired) electrons. The Balaban J connectivity index is 1.18. The Hall–Kier alpha value is -4.88. The molecule has 6 rings (SSSR count). The zero-order chi connectivity index (χ0) is 27.8. The zero-order valence-electron chi connectivity index (χ0n) is 22.8. The van der Waals surface area contributed by atoms with Gasteiger partial charge in [0.15, 0.2) is 23.0 Å². The summed E-state index contributed by atoms with van der Waals surface area (Å²) in [6.45, 7) is 1.45. The molecule has 4 N–H and O–H groups in total. The molecule has 0 fully saturated rings. The van der Waals surface area contributed by atoms with Gasteiger partial charge in [0.25, 0.3) is 6.29 Å². The Kier molecular flexibility index (Phi) is 6.58. The van der Waals surface area contributed by atoms with Gasteiger partial charge in [-0.3, -0.25) is 9.55 Å². The predicted octanol–water partition coefficient (Wildman–Crippen LogP) is 2.11. The second-order valence-electron chi connectivity index (χ2n) is 9.84. The fraction of sp³-hybridized carbons (Fsp3) is 0.385. The van der Waals surface area contributed by atoms with Gasteiger partial charge in [-0.05, 0) is 36.6 Å². The molecule has 0 aliphatic carbocycles. The summed E-state index contributed by atoms with van der Waals surface area (Å²) in [6.07, 6.45) is 0.715. The summed E-state index contributed by atoms with van der Waals surface area (Å²) in [5.74, 6) is 5.18. The Labute approximate surface area is 231 Å². The number of aromatic nitrogens is 6. The highest BCUT2D eigenvalue weighted by atomic mass is 16.7. The van der Waals surface area contributed by atoms with E-state index in [4.69, 9.17) is 24.7 Å². The molecule has 0 saturated carbocycles. The number of ether oxygens (including phenoxy) is 4. The van der Waals surface area contributed by atoms with E-state index >= 15 is 0 Å². The molecule has 14 heteroatoms. The molecule has 2 aromatic heterocycles. The van der Waals surface area contributed by atoms with Gasteiger partial charge in [-0.25, -0.2) is 0 Å². The van der Waals surface area contributed by atoms with Crippen LogP contribution in [-0.2, 0) is 19.9 Å². The summed E-state index contributed by atoms with van der Waals surface area (Å²) in [5.41, 5.74) is 8.71. The van der Waals surface area contributed by atoms with Crippen molar-refractivity contribution in [3.63, 3.8) is 0 Å². The van der Waals surface area contributed by atoms with Crippen molar-refractivity contribution in [2.75, 3.05) is 61.9 Å². The van der Waals surface area contributed by atoms with Gasteiger partial charge < -0.3 is 39.8 Å². The van der Waals surface area contributed by atoms with Crippen molar-refractivity contribution in [2.24, 2.45) is 7.05 Å². The number of benzene rings is 2. The lowest BCUT2D eigenvalue weighted by atomic mass is 10.0. The number of nitrogens with zero attached hydrogens (tertiary/aromatic N) is 7. The third-order valence-corrected chi connectivity index (χ3v) is 6.96. The summed E-state index contributed by atoms with van der Waals surface area (Å²) in [7, 11) is 7.60. The number of fused-ring (bicyclic) bond motifs is 2. The number of aromatic amines is 1. The summed E-state index contributed by atoms with van der Waals surface area (Å²) >= 11 is 0. The number of nitrogens with one attached hydrogen (secondary N) is 2. The van der Waals surface area contributed by atoms with Crippen LogP contribution in [0.25, 0.3) is 0 Å². The molecule has 1 atom stereocenters. The zero-order valence-corrected chi connectivity index (χ0v) is 22.8. The van der Waals surface area contributed by atoms with Crippen molar-refractivity contribution in [3.8, 4) is 23.0 Å². The van der Waals surface area contributed by atoms with Crippen LogP contribution in [0, 0.1) is 0 Å². The van der Waals surface area contributed by atoms with Crippen LogP contribution < -0.4 is 39.8 Å². The molecule has 1 unspecified atom stereocenters. The van der Waals surface area contributed by atoms with Crippen LogP contribution in [0.5, 0.6) is 23.0 Å². The summed E-state index contributed by atoms with van der Waals surface area (Å²) in [5, 5.41) is 19.7. The Morgan fingerprint density at radius 3 is 2.65 bits per heavy atom. The molecular weight excluding hydrogens is 516 g/mol. The number of hydrogen-bond donors (Lipinski definition) is 3. The van der Waals surface area contributed by atoms with E-state index in [-0.39, 0.29) is 6.79 Å². The number of anilines is 4. The van der Waals surface area contributed by atoms with Crippen molar-refractivity contribution >= 4 is 23.8 Å². The fourth-order valence-electron chi connectivity index (χ4n) is 4.78. The van der Waals surface area contributed by atoms with E-state index in [1.54, 1.807) is 4.57 Å². The average Bonchev–Trinajstić information content (AvgIpc) is 3.74. The van der Waals surface area contributed by atoms with E-state index in [1.165, 1.54) is 0 Å². The number of nitrogens with two attached hydrogens (primary N) is 1. The lowest BCUT2D eigenvalue weighted by Crippen LogP contribution is -2.23. The maximum atomic E-state index is 6.44. The van der Waals surface area contributed by atoms with E-state index in [9.17, 15) is 0 Å². The first-order valence-corrected chi connectivity index (χ1v) is 13.0. The second kappa shape index (κ2) is 10.4. The Bertz CT molecular complexity index is 1520. The number of hydrogen-bond acceptors (Lipinski definition) is 12. The van der Waals surface area contributed by atoms with E-state index in [0.717, 1.165) is 22.4 Å². The molecule has 2 aromatic carbocycles. The summed E-state index contributed by atoms with van der Waals surface area (Å²) < 4.78 is 26.0. The van der Waals surface area contributed by atoms with Gasteiger partial charge in [0, 0.05) is 52.4 Å². The largest absolute Gasteiger partial charge is 0.454 e. The van der Waals surface area contributed by atoms with Gasteiger partial charge in [-0.2, -0.15) is 0 Å². The molecule has 4 heterocycles. The molecular formula is C26H32N10O4. The van der Waals surface area contributed by atoms with Crippen LogP contribution in [-0.4, -0.2) is 71.0 Å². The maximum Gasteiger partial charge on any atom is 0.268 e. The molecule has 2 aliphatic heterocycles. The normalized spacial score (nSPS) is 14.9. The first kappa shape index (κ1) is 25.4. The highest BCUT2D eigenvalue weighted by molar-refractivity contribution is 5.55. The van der Waals surface area contributed by atoms with E-state index in [2.05, 4.69) is 30.7 Å². The van der Waals surface area contributed by atoms with Crippen molar-refractivity contribution < 1.29 is 18.9 Å². The molecule has 0 amide bonds. The summed E-state index contributed by atoms with van der Waals surface area (Å²) in [6, 6.07) is 9.82. The second-order valence-corrected chi connectivity index (χ2v) is 9.84. The minimum Gasteiger partial charge on any atom is -0.454 e. The monoisotopic (exact) mass is 548 g/mol. The number of rotatable bonds is 10. The smallest absolute Gasteiger partial charge is 0.268 e. The van der Waals surface area contributed by atoms with E-state index in [0.29, 0.717) is 67.0 Å². The van der Waals surface area contributed by atoms with E-state index in [1.807, 2.05) is 68.3 Å². The van der Waals surface area contributed by atoms with Crippen LogP contribution in [0.4, 0.5) is 23.8 Å². The van der Waals surface area contributed by atoms with Crippen molar-refractivity contribution in [2.45, 2.75) is 19.1 Å². The molecule has 0 spiro atoms. The molecule has 2 aliphatic rings. The molecule has 4 aromatic rings. The molecule has 0 saturated heterocycles. The van der Waals surface area contributed by atoms with Crippen LogP contribution in [0.15, 0.2) is 30.3 Å². The lowest BCUT2D eigenvalue weighted by molar-refractivity contribution is 0.0472. The SMILES string of the molecule is CN(C)c1nnc(NCCc2c(C3Oc4cccc(CCN(C)c5nnc(N)n5C)c4O3)ccc3c2OCO3)[nH]1. The van der Waals surface area contributed by atoms with E-state index < -0.39 is 6.29 Å². The minimum atomic E-state index is -0.623. The van der Waals surface area contributed by atoms with Gasteiger partial charge in [0.05, 0.1) is 0 Å². The highest BCUT2D eigenvalue weighted by Gasteiger charge is 2.33. The van der Waals surface area contributed by atoms with Crippen molar-refractivity contribution in [1.82, 2.24) is 29.9 Å². The van der Waals surface area contributed by atoms with Crippen LogP contribution in [0.1, 0.15) is 23.0 Å². The summed E-state index contributed by atoms with van der Waals surface area (Å²) in [4.78, 5) is 7.01.